The molecule has 3 rings (SSSR count). The first-order valence-corrected chi connectivity index (χ1v) is 12.8. The number of sulfonamides is 1. The third kappa shape index (κ3) is 6.60. The zero-order valence-corrected chi connectivity index (χ0v) is 20.8. The summed E-state index contributed by atoms with van der Waals surface area (Å²) in [5, 5.41) is 2.74. The summed E-state index contributed by atoms with van der Waals surface area (Å²) in [4.78, 5) is 27.1. The summed E-state index contributed by atoms with van der Waals surface area (Å²) in [7, 11) is -3.92. The molecule has 0 atom stereocenters. The summed E-state index contributed by atoms with van der Waals surface area (Å²) in [5.74, 6) is 0.0205. The van der Waals surface area contributed by atoms with E-state index in [0.717, 1.165) is 0 Å². The van der Waals surface area contributed by atoms with Crippen LogP contribution in [0.25, 0.3) is 0 Å². The molecular formula is C26H29N3O5S. The Kier molecular flexibility index (Phi) is 8.48. The van der Waals surface area contributed by atoms with E-state index in [9.17, 15) is 18.0 Å². The fraction of sp³-hybridized carbons (Fsp3) is 0.231. The Hall–Kier alpha value is -3.85. The molecule has 2 amide bonds. The van der Waals surface area contributed by atoms with Crippen molar-refractivity contribution >= 4 is 33.2 Å². The molecule has 0 unspecified atom stereocenters. The van der Waals surface area contributed by atoms with E-state index in [1.807, 2.05) is 20.8 Å². The number of nitrogens with one attached hydrogen (secondary N) is 2. The van der Waals surface area contributed by atoms with Gasteiger partial charge in [0.15, 0.2) is 0 Å². The SMILES string of the molecule is CCOc1ccc(NS(=O)(=O)c2cccc(C(=O)Nc3cccc(C(=O)N(CC)CC)c3)c2)cc1. The Morgan fingerprint density at radius 3 is 2.14 bits per heavy atom. The lowest BCUT2D eigenvalue weighted by Crippen LogP contribution is -2.30. The van der Waals surface area contributed by atoms with Gasteiger partial charge in [0.2, 0.25) is 0 Å². The first-order valence-electron chi connectivity index (χ1n) is 11.3. The maximum Gasteiger partial charge on any atom is 0.261 e. The van der Waals surface area contributed by atoms with Crippen LogP contribution in [0.5, 0.6) is 5.75 Å². The van der Waals surface area contributed by atoms with E-state index in [-0.39, 0.29) is 16.4 Å². The lowest BCUT2D eigenvalue weighted by Gasteiger charge is -2.19. The van der Waals surface area contributed by atoms with Crippen molar-refractivity contribution in [1.29, 1.82) is 0 Å². The maximum absolute atomic E-state index is 12.9. The normalized spacial score (nSPS) is 10.9. The second-order valence-electron chi connectivity index (χ2n) is 7.60. The Morgan fingerprint density at radius 1 is 0.829 bits per heavy atom. The van der Waals surface area contributed by atoms with Gasteiger partial charge in [0.25, 0.3) is 21.8 Å². The van der Waals surface area contributed by atoms with Crippen molar-refractivity contribution in [2.75, 3.05) is 29.7 Å². The monoisotopic (exact) mass is 495 g/mol. The van der Waals surface area contributed by atoms with Crippen LogP contribution in [0.3, 0.4) is 0 Å². The summed E-state index contributed by atoms with van der Waals surface area (Å²) in [6.45, 7) is 7.34. The summed E-state index contributed by atoms with van der Waals surface area (Å²) >= 11 is 0. The fourth-order valence-electron chi connectivity index (χ4n) is 3.43. The number of nitrogens with zero attached hydrogens (tertiary/aromatic N) is 1. The van der Waals surface area contributed by atoms with Crippen molar-refractivity contribution in [2.24, 2.45) is 0 Å². The van der Waals surface area contributed by atoms with E-state index < -0.39 is 15.9 Å². The number of amides is 2. The smallest absolute Gasteiger partial charge is 0.261 e. The Bertz CT molecular complexity index is 1290. The van der Waals surface area contributed by atoms with Crippen LogP contribution in [0, 0.1) is 0 Å². The van der Waals surface area contributed by atoms with Crippen LogP contribution in [0.15, 0.2) is 77.7 Å². The van der Waals surface area contributed by atoms with Crippen LogP contribution in [-0.2, 0) is 10.0 Å². The average molecular weight is 496 g/mol. The highest BCUT2D eigenvalue weighted by atomic mass is 32.2. The number of hydrogen-bond acceptors (Lipinski definition) is 5. The molecule has 0 aliphatic heterocycles. The van der Waals surface area contributed by atoms with Crippen molar-refractivity contribution in [3.8, 4) is 5.75 Å². The fourth-order valence-corrected chi connectivity index (χ4v) is 4.54. The van der Waals surface area contributed by atoms with Crippen LogP contribution in [-0.4, -0.2) is 44.8 Å². The Balaban J connectivity index is 1.75. The second kappa shape index (κ2) is 11.5. The van der Waals surface area contributed by atoms with Crippen LogP contribution >= 0.6 is 0 Å². The Morgan fingerprint density at radius 2 is 1.49 bits per heavy atom. The summed E-state index contributed by atoms with van der Waals surface area (Å²) in [6, 6.07) is 18.9. The van der Waals surface area contributed by atoms with Crippen molar-refractivity contribution < 1.29 is 22.7 Å². The molecule has 0 heterocycles. The molecule has 0 radical (unpaired) electrons. The average Bonchev–Trinajstić information content (AvgIpc) is 2.86. The van der Waals surface area contributed by atoms with E-state index in [0.29, 0.717) is 42.4 Å². The highest BCUT2D eigenvalue weighted by Gasteiger charge is 2.18. The summed E-state index contributed by atoms with van der Waals surface area (Å²) in [6.07, 6.45) is 0. The minimum atomic E-state index is -3.92. The van der Waals surface area contributed by atoms with E-state index >= 15 is 0 Å². The van der Waals surface area contributed by atoms with E-state index in [1.165, 1.54) is 24.3 Å². The summed E-state index contributed by atoms with van der Waals surface area (Å²) < 4.78 is 33.6. The highest BCUT2D eigenvalue weighted by molar-refractivity contribution is 7.92. The molecule has 184 valence electrons. The molecule has 0 saturated carbocycles. The first kappa shape index (κ1) is 25.8. The largest absolute Gasteiger partial charge is 0.494 e. The van der Waals surface area contributed by atoms with Gasteiger partial charge in [-0.2, -0.15) is 0 Å². The van der Waals surface area contributed by atoms with Crippen molar-refractivity contribution in [1.82, 2.24) is 4.90 Å². The Labute approximate surface area is 206 Å². The van der Waals surface area contributed by atoms with Gasteiger partial charge in [-0.3, -0.25) is 14.3 Å². The van der Waals surface area contributed by atoms with Gasteiger partial charge in [-0.15, -0.1) is 0 Å². The lowest BCUT2D eigenvalue weighted by molar-refractivity contribution is 0.0772. The number of carbonyl (C=O) groups is 2. The third-order valence-corrected chi connectivity index (χ3v) is 6.62. The van der Waals surface area contributed by atoms with Gasteiger partial charge in [0.05, 0.1) is 11.5 Å². The number of benzene rings is 3. The number of ether oxygens (including phenoxy) is 1. The lowest BCUT2D eigenvalue weighted by atomic mass is 10.1. The molecule has 0 aliphatic carbocycles. The highest BCUT2D eigenvalue weighted by Crippen LogP contribution is 2.21. The molecule has 3 aromatic rings. The minimum absolute atomic E-state index is 0.0514. The molecule has 2 N–H and O–H groups in total. The van der Waals surface area contributed by atoms with Gasteiger partial charge in [-0.1, -0.05) is 12.1 Å². The molecular weight excluding hydrogens is 466 g/mol. The van der Waals surface area contributed by atoms with Crippen molar-refractivity contribution in [2.45, 2.75) is 25.7 Å². The topological polar surface area (TPSA) is 105 Å². The molecule has 35 heavy (non-hydrogen) atoms. The second-order valence-corrected chi connectivity index (χ2v) is 9.29. The zero-order valence-electron chi connectivity index (χ0n) is 19.9. The predicted molar refractivity (Wildman–Crippen MR) is 137 cm³/mol. The molecule has 0 fully saturated rings. The van der Waals surface area contributed by atoms with E-state index in [2.05, 4.69) is 10.0 Å². The molecule has 0 saturated heterocycles. The van der Waals surface area contributed by atoms with Crippen LogP contribution in [0.4, 0.5) is 11.4 Å². The standard InChI is InChI=1S/C26H29N3O5S/c1-4-29(5-2)26(31)20-10-7-11-22(17-20)27-25(30)19-9-8-12-24(18-19)35(32,33)28-21-13-15-23(16-14-21)34-6-3/h7-18,28H,4-6H2,1-3H3,(H,27,30). The summed E-state index contributed by atoms with van der Waals surface area (Å²) in [5.41, 5.74) is 1.44. The van der Waals surface area contributed by atoms with Crippen LogP contribution in [0.2, 0.25) is 0 Å². The van der Waals surface area contributed by atoms with Gasteiger partial charge in [0, 0.05) is 35.6 Å². The third-order valence-electron chi connectivity index (χ3n) is 5.24. The molecule has 0 spiro atoms. The van der Waals surface area contributed by atoms with Crippen LogP contribution < -0.4 is 14.8 Å². The molecule has 3 aromatic carbocycles. The molecule has 9 heteroatoms. The molecule has 0 aliphatic rings. The zero-order chi connectivity index (χ0) is 25.4. The quantitative estimate of drug-likeness (QED) is 0.427. The van der Waals surface area contributed by atoms with Gasteiger partial charge < -0.3 is 15.0 Å². The molecule has 0 bridgehead atoms. The van der Waals surface area contributed by atoms with Gasteiger partial charge in [-0.25, -0.2) is 8.42 Å². The van der Waals surface area contributed by atoms with E-state index in [4.69, 9.17) is 4.74 Å². The number of rotatable bonds is 10. The number of hydrogen-bond donors (Lipinski definition) is 2. The molecule has 0 aromatic heterocycles. The predicted octanol–water partition coefficient (Wildman–Crippen LogP) is 4.62. The van der Waals surface area contributed by atoms with Crippen LogP contribution in [0.1, 0.15) is 41.5 Å². The first-order chi connectivity index (χ1) is 16.8. The van der Waals surface area contributed by atoms with Gasteiger partial charge in [0.1, 0.15) is 5.75 Å². The minimum Gasteiger partial charge on any atom is -0.494 e. The van der Waals surface area contributed by atoms with Crippen molar-refractivity contribution in [3.63, 3.8) is 0 Å². The number of anilines is 2. The maximum atomic E-state index is 12.9. The number of carbonyl (C=O) groups excluding carboxylic acids is 2. The van der Waals surface area contributed by atoms with Gasteiger partial charge in [-0.05, 0) is 81.4 Å². The van der Waals surface area contributed by atoms with Crippen molar-refractivity contribution in [3.05, 3.63) is 83.9 Å². The molecule has 8 nitrogen and oxygen atoms in total. The van der Waals surface area contributed by atoms with Gasteiger partial charge >= 0.3 is 0 Å². The van der Waals surface area contributed by atoms with E-state index in [1.54, 1.807) is 53.4 Å².